The summed E-state index contributed by atoms with van der Waals surface area (Å²) in [5, 5.41) is 0. The van der Waals surface area contributed by atoms with Crippen LogP contribution in [0, 0.1) is 5.92 Å². The van der Waals surface area contributed by atoms with Crippen molar-refractivity contribution in [2.24, 2.45) is 5.92 Å². The number of aryl methyl sites for hydroxylation is 2. The lowest BCUT2D eigenvalue weighted by Gasteiger charge is -2.12. The van der Waals surface area contributed by atoms with E-state index in [-0.39, 0.29) is 0 Å². The summed E-state index contributed by atoms with van der Waals surface area (Å²) in [6, 6.07) is 5.57. The lowest BCUT2D eigenvalue weighted by molar-refractivity contribution is 0.520. The fraction of sp³-hybridized carbons (Fsp3) is 0.600. The number of sulfonamides is 1. The van der Waals surface area contributed by atoms with Gasteiger partial charge in [0, 0.05) is 11.4 Å². The van der Waals surface area contributed by atoms with Crippen LogP contribution in [0.4, 0.5) is 0 Å². The Hall–Kier alpha value is -0.390. The molecule has 0 amide bonds. The summed E-state index contributed by atoms with van der Waals surface area (Å²) < 4.78 is 27.5. The molecule has 2 aliphatic rings. The van der Waals surface area contributed by atoms with E-state index in [0.717, 1.165) is 38.5 Å². The molecule has 2 aliphatic carbocycles. The summed E-state index contributed by atoms with van der Waals surface area (Å²) in [6.07, 6.45) is 6.53. The van der Waals surface area contributed by atoms with Gasteiger partial charge in [-0.15, -0.1) is 0 Å². The van der Waals surface area contributed by atoms with E-state index in [1.165, 1.54) is 11.1 Å². The highest BCUT2D eigenvalue weighted by atomic mass is 79.9. The van der Waals surface area contributed by atoms with Crippen molar-refractivity contribution in [3.8, 4) is 0 Å². The van der Waals surface area contributed by atoms with Crippen molar-refractivity contribution >= 4 is 26.0 Å². The molecule has 2 unspecified atom stereocenters. The van der Waals surface area contributed by atoms with Crippen molar-refractivity contribution in [1.29, 1.82) is 0 Å². The quantitative estimate of drug-likeness (QED) is 0.841. The second-order valence-corrected chi connectivity index (χ2v) is 8.97. The van der Waals surface area contributed by atoms with E-state index in [4.69, 9.17) is 0 Å². The predicted octanol–water partition coefficient (Wildman–Crippen LogP) is 3.02. The van der Waals surface area contributed by atoms with Crippen molar-refractivity contribution < 1.29 is 8.42 Å². The van der Waals surface area contributed by atoms with Gasteiger partial charge in [-0.1, -0.05) is 22.0 Å². The first kappa shape index (κ1) is 14.5. The number of nitrogens with one attached hydrogen (secondary N) is 1. The monoisotopic (exact) mass is 357 g/mol. The fourth-order valence-corrected chi connectivity index (χ4v) is 5.18. The Bertz CT molecular complexity index is 600. The standard InChI is InChI=1S/C15H20BrNO2S/c16-14-6-4-11(8-14)10-17-20(18,19)15-7-5-12-2-1-3-13(12)9-15/h5,7,9,11,14,17H,1-4,6,8,10H2. The van der Waals surface area contributed by atoms with Gasteiger partial charge in [0.05, 0.1) is 4.90 Å². The van der Waals surface area contributed by atoms with Crippen LogP contribution in [0.25, 0.3) is 0 Å². The molecule has 0 aromatic heterocycles. The van der Waals surface area contributed by atoms with Crippen LogP contribution in [0.5, 0.6) is 0 Å². The molecule has 110 valence electrons. The van der Waals surface area contributed by atoms with Gasteiger partial charge in [-0.2, -0.15) is 0 Å². The number of fused-ring (bicyclic) bond motifs is 1. The first-order valence-electron chi connectivity index (χ1n) is 7.30. The molecule has 0 bridgehead atoms. The molecule has 1 aromatic rings. The Morgan fingerprint density at radius 3 is 2.75 bits per heavy atom. The Balaban J connectivity index is 1.68. The highest BCUT2D eigenvalue weighted by Crippen LogP contribution is 2.30. The summed E-state index contributed by atoms with van der Waals surface area (Å²) in [7, 11) is -3.35. The molecule has 0 spiro atoms. The second-order valence-electron chi connectivity index (χ2n) is 5.91. The SMILES string of the molecule is O=S(=O)(NCC1CCC(Br)C1)c1ccc2c(c1)CCC2. The molecule has 1 fully saturated rings. The van der Waals surface area contributed by atoms with Gasteiger partial charge in [-0.3, -0.25) is 0 Å². The van der Waals surface area contributed by atoms with Crippen LogP contribution >= 0.6 is 15.9 Å². The predicted molar refractivity (Wildman–Crippen MR) is 83.7 cm³/mol. The van der Waals surface area contributed by atoms with Crippen LogP contribution < -0.4 is 4.72 Å². The van der Waals surface area contributed by atoms with Crippen LogP contribution in [0.1, 0.15) is 36.8 Å². The zero-order chi connectivity index (χ0) is 14.2. The molecule has 0 saturated heterocycles. The van der Waals surface area contributed by atoms with Crippen LogP contribution in [0.15, 0.2) is 23.1 Å². The number of hydrogen-bond donors (Lipinski definition) is 1. The third-order valence-corrected chi connectivity index (χ3v) is 6.67. The number of alkyl halides is 1. The third kappa shape index (κ3) is 3.10. The minimum absolute atomic E-state index is 0.423. The minimum atomic E-state index is -3.35. The number of rotatable bonds is 4. The summed E-state index contributed by atoms with van der Waals surface area (Å²) >= 11 is 3.60. The molecule has 0 aliphatic heterocycles. The summed E-state index contributed by atoms with van der Waals surface area (Å²) in [5.41, 5.74) is 2.51. The van der Waals surface area contributed by atoms with Gasteiger partial charge in [-0.05, 0) is 67.7 Å². The Labute approximate surface area is 129 Å². The maximum atomic E-state index is 12.3. The molecule has 1 N–H and O–H groups in total. The first-order chi connectivity index (χ1) is 9.54. The topological polar surface area (TPSA) is 46.2 Å². The van der Waals surface area contributed by atoms with Gasteiger partial charge in [0.25, 0.3) is 0 Å². The van der Waals surface area contributed by atoms with Gasteiger partial charge in [0.15, 0.2) is 0 Å². The summed E-state index contributed by atoms with van der Waals surface area (Å²) in [4.78, 5) is 0.975. The Morgan fingerprint density at radius 1 is 1.20 bits per heavy atom. The van der Waals surface area contributed by atoms with Gasteiger partial charge in [0.1, 0.15) is 0 Å². The molecular formula is C15H20BrNO2S. The number of halogens is 1. The van der Waals surface area contributed by atoms with Gasteiger partial charge in [-0.25, -0.2) is 13.1 Å². The average Bonchev–Trinajstić information content (AvgIpc) is 3.04. The molecule has 3 rings (SSSR count). The van der Waals surface area contributed by atoms with E-state index in [1.54, 1.807) is 6.07 Å². The normalized spacial score (nSPS) is 25.9. The molecule has 2 atom stereocenters. The Kier molecular flexibility index (Phi) is 4.20. The van der Waals surface area contributed by atoms with Crippen LogP contribution in [0.2, 0.25) is 0 Å². The first-order valence-corrected chi connectivity index (χ1v) is 9.70. The van der Waals surface area contributed by atoms with E-state index in [1.807, 2.05) is 12.1 Å². The zero-order valence-electron chi connectivity index (χ0n) is 11.4. The number of benzene rings is 1. The largest absolute Gasteiger partial charge is 0.240 e. The lowest BCUT2D eigenvalue weighted by atomic mass is 10.1. The van der Waals surface area contributed by atoms with E-state index in [0.29, 0.717) is 22.2 Å². The van der Waals surface area contributed by atoms with Gasteiger partial charge < -0.3 is 0 Å². The summed E-state index contributed by atoms with van der Waals surface area (Å²) in [6.45, 7) is 0.557. The number of hydrogen-bond acceptors (Lipinski definition) is 2. The zero-order valence-corrected chi connectivity index (χ0v) is 13.8. The van der Waals surface area contributed by atoms with E-state index < -0.39 is 10.0 Å². The van der Waals surface area contributed by atoms with Crippen molar-refractivity contribution in [3.63, 3.8) is 0 Å². The van der Waals surface area contributed by atoms with Crippen molar-refractivity contribution in [2.75, 3.05) is 6.54 Å². The van der Waals surface area contributed by atoms with Gasteiger partial charge in [0.2, 0.25) is 10.0 Å². The van der Waals surface area contributed by atoms with Crippen LogP contribution in [-0.4, -0.2) is 19.8 Å². The molecule has 0 radical (unpaired) electrons. The summed E-state index contributed by atoms with van der Waals surface area (Å²) in [5.74, 6) is 0.462. The van der Waals surface area contributed by atoms with Crippen LogP contribution in [-0.2, 0) is 22.9 Å². The minimum Gasteiger partial charge on any atom is -0.211 e. The van der Waals surface area contributed by atoms with Crippen LogP contribution in [0.3, 0.4) is 0 Å². The second kappa shape index (κ2) is 5.78. The molecule has 20 heavy (non-hydrogen) atoms. The fourth-order valence-electron chi connectivity index (χ4n) is 3.23. The molecular weight excluding hydrogens is 338 g/mol. The maximum Gasteiger partial charge on any atom is 0.240 e. The highest BCUT2D eigenvalue weighted by Gasteiger charge is 2.25. The van der Waals surface area contributed by atoms with Crippen molar-refractivity contribution in [1.82, 2.24) is 4.72 Å². The van der Waals surface area contributed by atoms with Gasteiger partial charge >= 0.3 is 0 Å². The Morgan fingerprint density at radius 2 is 2.00 bits per heavy atom. The molecule has 1 aromatic carbocycles. The van der Waals surface area contributed by atoms with E-state index in [9.17, 15) is 8.42 Å². The van der Waals surface area contributed by atoms with Crippen molar-refractivity contribution in [2.45, 2.75) is 48.2 Å². The lowest BCUT2D eigenvalue weighted by Crippen LogP contribution is -2.28. The maximum absolute atomic E-state index is 12.3. The highest BCUT2D eigenvalue weighted by molar-refractivity contribution is 9.09. The molecule has 0 heterocycles. The molecule has 5 heteroatoms. The van der Waals surface area contributed by atoms with E-state index >= 15 is 0 Å². The molecule has 1 saturated carbocycles. The smallest absolute Gasteiger partial charge is 0.211 e. The third-order valence-electron chi connectivity index (χ3n) is 4.42. The van der Waals surface area contributed by atoms with Crippen molar-refractivity contribution in [3.05, 3.63) is 29.3 Å². The van der Waals surface area contributed by atoms with E-state index in [2.05, 4.69) is 20.7 Å². The molecule has 3 nitrogen and oxygen atoms in total. The average molecular weight is 358 g/mol.